The summed E-state index contributed by atoms with van der Waals surface area (Å²) in [6.07, 6.45) is 5.08. The van der Waals surface area contributed by atoms with E-state index in [1.54, 1.807) is 54.8 Å². The molecule has 9 heteroatoms. The number of halogens is 1. The molecule has 168 valence electrons. The van der Waals surface area contributed by atoms with Crippen LogP contribution < -0.4 is 26.6 Å². The van der Waals surface area contributed by atoms with Gasteiger partial charge in [0.2, 0.25) is 0 Å². The van der Waals surface area contributed by atoms with Crippen LogP contribution in [-0.2, 0) is 5.79 Å². The summed E-state index contributed by atoms with van der Waals surface area (Å²) in [6.45, 7) is 0.290. The lowest BCUT2D eigenvalue weighted by atomic mass is 10.0. The predicted octanol–water partition coefficient (Wildman–Crippen LogP) is 3.19. The average molecular weight is 455 g/mol. The maximum Gasteiger partial charge on any atom is 0.326 e. The number of urea groups is 1. The van der Waals surface area contributed by atoms with Gasteiger partial charge in [0.15, 0.2) is 0 Å². The van der Waals surface area contributed by atoms with Crippen molar-refractivity contribution in [2.45, 2.75) is 5.79 Å². The summed E-state index contributed by atoms with van der Waals surface area (Å²) >= 11 is 6.01. The molecular weight excluding hydrogens is 428 g/mol. The van der Waals surface area contributed by atoms with Crippen LogP contribution in [0.15, 0.2) is 71.9 Å². The average Bonchev–Trinajstić information content (AvgIpc) is 2.82. The Kier molecular flexibility index (Phi) is 7.66. The topological polar surface area (TPSA) is 97.5 Å². The molecule has 0 bridgehead atoms. The fourth-order valence-electron chi connectivity index (χ4n) is 3.42. The highest BCUT2D eigenvalue weighted by molar-refractivity contribution is 6.30. The third-order valence-electron chi connectivity index (χ3n) is 5.25. The zero-order valence-corrected chi connectivity index (χ0v) is 19.0. The summed E-state index contributed by atoms with van der Waals surface area (Å²) in [6, 6.07) is 13.9. The van der Waals surface area contributed by atoms with Gasteiger partial charge < -0.3 is 10.6 Å². The molecule has 5 N–H and O–H groups in total. The Morgan fingerprint density at radius 2 is 1.50 bits per heavy atom. The minimum Gasteiger partial charge on any atom is -0.320 e. The van der Waals surface area contributed by atoms with E-state index in [0.29, 0.717) is 22.0 Å². The number of hydrogen-bond donors (Lipinski definition) is 5. The minimum absolute atomic E-state index is 0.286. The lowest BCUT2D eigenvalue weighted by Gasteiger charge is -2.33. The van der Waals surface area contributed by atoms with Crippen LogP contribution in [0, 0.1) is 0 Å². The number of rotatable bonds is 7. The maximum absolute atomic E-state index is 12.8. The number of allylic oxidation sites excluding steroid dienone is 2. The SMILES string of the molecule is CNC(NC)(NC)c1ccc(C(=O)Nc2ccccc2NC(=O)N2C=CC=C(Cl)C2)cc1. The molecule has 0 unspecified atom stereocenters. The molecule has 8 nitrogen and oxygen atoms in total. The van der Waals surface area contributed by atoms with Crippen LogP contribution in [0.4, 0.5) is 16.2 Å². The summed E-state index contributed by atoms with van der Waals surface area (Å²) < 4.78 is 0. The highest BCUT2D eigenvalue weighted by Gasteiger charge is 2.26. The molecule has 1 aliphatic rings. The molecule has 3 amide bonds. The Morgan fingerprint density at radius 3 is 2.06 bits per heavy atom. The first kappa shape index (κ1) is 23.5. The summed E-state index contributed by atoms with van der Waals surface area (Å²) in [5.41, 5.74) is 2.40. The molecule has 0 saturated heterocycles. The number of hydrogen-bond acceptors (Lipinski definition) is 5. The Labute approximate surface area is 192 Å². The number of para-hydroxylation sites is 2. The van der Waals surface area contributed by atoms with E-state index in [1.807, 2.05) is 33.3 Å². The second-order valence-electron chi connectivity index (χ2n) is 7.09. The predicted molar refractivity (Wildman–Crippen MR) is 128 cm³/mol. The molecule has 0 saturated carbocycles. The molecule has 0 radical (unpaired) electrons. The van der Waals surface area contributed by atoms with Gasteiger partial charge >= 0.3 is 6.03 Å². The van der Waals surface area contributed by atoms with Crippen LogP contribution in [0.1, 0.15) is 15.9 Å². The van der Waals surface area contributed by atoms with E-state index in [0.717, 1.165) is 5.56 Å². The smallest absolute Gasteiger partial charge is 0.320 e. The first-order chi connectivity index (χ1) is 15.4. The largest absolute Gasteiger partial charge is 0.326 e. The van der Waals surface area contributed by atoms with Crippen LogP contribution in [0.3, 0.4) is 0 Å². The van der Waals surface area contributed by atoms with Crippen LogP contribution in [0.25, 0.3) is 0 Å². The monoisotopic (exact) mass is 454 g/mol. The molecule has 3 rings (SSSR count). The van der Waals surface area contributed by atoms with Crippen LogP contribution in [-0.4, -0.2) is 44.5 Å². The zero-order valence-electron chi connectivity index (χ0n) is 18.2. The van der Waals surface area contributed by atoms with Gasteiger partial charge in [0.05, 0.1) is 17.9 Å². The first-order valence-corrected chi connectivity index (χ1v) is 10.5. The van der Waals surface area contributed by atoms with E-state index in [2.05, 4.69) is 26.6 Å². The van der Waals surface area contributed by atoms with Gasteiger partial charge in [-0.15, -0.1) is 0 Å². The van der Waals surface area contributed by atoms with Crippen molar-refractivity contribution in [1.29, 1.82) is 0 Å². The fourth-order valence-corrected chi connectivity index (χ4v) is 3.62. The molecule has 0 spiro atoms. The van der Waals surface area contributed by atoms with E-state index in [4.69, 9.17) is 11.6 Å². The standard InChI is InChI=1S/C23H27ClN6O2/c1-25-23(26-2,27-3)17-12-10-16(11-13-17)21(31)28-19-8-4-5-9-20(19)29-22(32)30-14-6-7-18(24)15-30/h4-14,25-27H,15H2,1-3H3,(H,28,31)(H,29,32). The Balaban J connectivity index is 1.73. The molecule has 32 heavy (non-hydrogen) atoms. The molecule has 2 aromatic rings. The third kappa shape index (κ3) is 5.17. The molecule has 2 aromatic carbocycles. The fraction of sp³-hybridized carbons (Fsp3) is 0.217. The molecular formula is C23H27ClN6O2. The van der Waals surface area contributed by atoms with Crippen molar-refractivity contribution in [2.24, 2.45) is 0 Å². The molecule has 0 aromatic heterocycles. The second kappa shape index (κ2) is 10.4. The van der Waals surface area contributed by atoms with Gasteiger partial charge in [0.25, 0.3) is 5.91 Å². The van der Waals surface area contributed by atoms with Gasteiger partial charge in [-0.05, 0) is 57.6 Å². The number of nitrogens with zero attached hydrogens (tertiary/aromatic N) is 1. The Hall–Kier alpha value is -3.17. The maximum atomic E-state index is 12.8. The molecule has 0 fully saturated rings. The van der Waals surface area contributed by atoms with Crippen molar-refractivity contribution in [3.63, 3.8) is 0 Å². The van der Waals surface area contributed by atoms with Crippen molar-refractivity contribution < 1.29 is 9.59 Å². The number of anilines is 2. The highest BCUT2D eigenvalue weighted by atomic mass is 35.5. The van der Waals surface area contributed by atoms with Crippen molar-refractivity contribution in [3.05, 3.63) is 83.0 Å². The lowest BCUT2D eigenvalue weighted by molar-refractivity contribution is 0.102. The van der Waals surface area contributed by atoms with E-state index < -0.39 is 5.79 Å². The Morgan fingerprint density at radius 1 is 0.906 bits per heavy atom. The summed E-state index contributed by atoms with van der Waals surface area (Å²) in [4.78, 5) is 26.9. The number of nitrogens with one attached hydrogen (secondary N) is 5. The van der Waals surface area contributed by atoms with Gasteiger partial charge in [0.1, 0.15) is 5.79 Å². The van der Waals surface area contributed by atoms with Gasteiger partial charge in [-0.25, -0.2) is 4.79 Å². The number of carbonyl (C=O) groups is 2. The van der Waals surface area contributed by atoms with E-state index in [1.165, 1.54) is 4.90 Å². The minimum atomic E-state index is -0.604. The van der Waals surface area contributed by atoms with Crippen LogP contribution >= 0.6 is 11.6 Å². The van der Waals surface area contributed by atoms with E-state index in [9.17, 15) is 9.59 Å². The summed E-state index contributed by atoms with van der Waals surface area (Å²) in [5, 5.41) is 15.8. The van der Waals surface area contributed by atoms with Crippen molar-refractivity contribution in [1.82, 2.24) is 20.9 Å². The van der Waals surface area contributed by atoms with Crippen LogP contribution in [0.5, 0.6) is 0 Å². The lowest BCUT2D eigenvalue weighted by Crippen LogP contribution is -2.60. The van der Waals surface area contributed by atoms with Gasteiger partial charge in [-0.3, -0.25) is 25.6 Å². The quantitative estimate of drug-likeness (QED) is 0.414. The Bertz CT molecular complexity index is 1020. The zero-order chi connectivity index (χ0) is 23.1. The van der Waals surface area contributed by atoms with Gasteiger partial charge in [0, 0.05) is 22.4 Å². The molecule has 0 atom stereocenters. The number of amides is 3. The molecule has 1 heterocycles. The normalized spacial score (nSPS) is 13.5. The van der Waals surface area contributed by atoms with Crippen molar-refractivity contribution >= 4 is 34.9 Å². The number of benzene rings is 2. The van der Waals surface area contributed by atoms with Gasteiger partial charge in [-0.1, -0.05) is 35.9 Å². The van der Waals surface area contributed by atoms with E-state index >= 15 is 0 Å². The first-order valence-electron chi connectivity index (χ1n) is 10.1. The summed E-state index contributed by atoms with van der Waals surface area (Å²) in [5.74, 6) is -0.890. The number of carbonyl (C=O) groups excluding carboxylic acids is 2. The molecule has 0 aliphatic carbocycles. The van der Waals surface area contributed by atoms with E-state index in [-0.39, 0.29) is 18.5 Å². The summed E-state index contributed by atoms with van der Waals surface area (Å²) in [7, 11) is 5.51. The molecule has 1 aliphatic heterocycles. The van der Waals surface area contributed by atoms with Crippen molar-refractivity contribution in [2.75, 3.05) is 38.3 Å². The van der Waals surface area contributed by atoms with Crippen LogP contribution in [0.2, 0.25) is 0 Å². The second-order valence-corrected chi connectivity index (χ2v) is 7.58. The van der Waals surface area contributed by atoms with Gasteiger partial charge in [-0.2, -0.15) is 0 Å². The third-order valence-corrected chi connectivity index (χ3v) is 5.49. The van der Waals surface area contributed by atoms with Crippen molar-refractivity contribution in [3.8, 4) is 0 Å². The highest BCUT2D eigenvalue weighted by Crippen LogP contribution is 2.23.